The van der Waals surface area contributed by atoms with E-state index in [-0.39, 0.29) is 18.6 Å². The van der Waals surface area contributed by atoms with Crippen LogP contribution in [0.5, 0.6) is 5.75 Å². The van der Waals surface area contributed by atoms with E-state index in [0.29, 0.717) is 40.7 Å². The minimum atomic E-state index is -1.84. The van der Waals surface area contributed by atoms with Crippen LogP contribution in [0, 0.1) is 0 Å². The van der Waals surface area contributed by atoms with Crippen molar-refractivity contribution < 1.29 is 19.4 Å². The normalized spacial score (nSPS) is 18.8. The average molecular weight is 455 g/mol. The highest BCUT2D eigenvalue weighted by Crippen LogP contribution is 2.40. The molecule has 8 heteroatoms. The lowest BCUT2D eigenvalue weighted by molar-refractivity contribution is -0.172. The van der Waals surface area contributed by atoms with Gasteiger partial charge in [0.2, 0.25) is 0 Å². The third kappa shape index (κ3) is 2.88. The second-order valence-corrected chi connectivity index (χ2v) is 8.57. The van der Waals surface area contributed by atoms with Crippen molar-refractivity contribution in [1.82, 2.24) is 9.55 Å². The molecule has 0 saturated heterocycles. The largest absolute Gasteiger partial charge is 0.497 e. The molecule has 2 aliphatic heterocycles. The van der Waals surface area contributed by atoms with Gasteiger partial charge in [0.05, 0.1) is 36.1 Å². The lowest BCUT2D eigenvalue weighted by atomic mass is 9.86. The Kier molecular flexibility index (Phi) is 4.98. The van der Waals surface area contributed by atoms with Gasteiger partial charge in [0, 0.05) is 28.5 Å². The Balaban J connectivity index is 1.80. The van der Waals surface area contributed by atoms with Crippen molar-refractivity contribution in [3.8, 4) is 17.1 Å². The fourth-order valence-corrected chi connectivity index (χ4v) is 4.94. The van der Waals surface area contributed by atoms with Crippen molar-refractivity contribution in [1.29, 1.82) is 0 Å². The van der Waals surface area contributed by atoms with Gasteiger partial charge in [-0.15, -0.1) is 11.6 Å². The van der Waals surface area contributed by atoms with Crippen molar-refractivity contribution in [3.05, 3.63) is 56.9 Å². The summed E-state index contributed by atoms with van der Waals surface area (Å²) >= 11 is 6.00. The maximum atomic E-state index is 13.4. The molecule has 1 aromatic carbocycles. The van der Waals surface area contributed by atoms with Gasteiger partial charge < -0.3 is 19.1 Å². The molecule has 166 valence electrons. The first-order valence-electron chi connectivity index (χ1n) is 10.7. The summed E-state index contributed by atoms with van der Waals surface area (Å²) in [6.07, 6.45) is 1.65. The zero-order valence-electron chi connectivity index (χ0n) is 17.9. The summed E-state index contributed by atoms with van der Waals surface area (Å²) < 4.78 is 12.2. The van der Waals surface area contributed by atoms with Gasteiger partial charge in [-0.1, -0.05) is 6.92 Å². The highest BCUT2D eigenvalue weighted by molar-refractivity contribution is 6.17. The van der Waals surface area contributed by atoms with E-state index in [9.17, 15) is 14.7 Å². The first-order chi connectivity index (χ1) is 15.4. The Hall–Kier alpha value is -2.90. The molecule has 2 aliphatic rings. The topological polar surface area (TPSA) is 90.7 Å². The number of hydrogen-bond donors (Lipinski definition) is 1. The Morgan fingerprint density at radius 2 is 2.09 bits per heavy atom. The van der Waals surface area contributed by atoms with E-state index in [1.165, 1.54) is 0 Å². The fraction of sp³-hybridized carbons (Fsp3) is 0.375. The lowest BCUT2D eigenvalue weighted by Gasteiger charge is -2.31. The number of benzene rings is 1. The van der Waals surface area contributed by atoms with Crippen molar-refractivity contribution >= 4 is 28.5 Å². The first-order valence-corrected chi connectivity index (χ1v) is 11.2. The predicted octanol–water partition coefficient (Wildman–Crippen LogP) is 3.26. The third-order valence-corrected chi connectivity index (χ3v) is 6.84. The van der Waals surface area contributed by atoms with E-state index in [2.05, 4.69) is 0 Å². The maximum Gasteiger partial charge on any atom is 0.343 e. The van der Waals surface area contributed by atoms with Crippen LogP contribution in [0.25, 0.3) is 22.3 Å². The van der Waals surface area contributed by atoms with Crippen LogP contribution < -0.4 is 10.3 Å². The number of carbonyl (C=O) groups excluding carboxylic acids is 1. The smallest absolute Gasteiger partial charge is 0.343 e. The van der Waals surface area contributed by atoms with Crippen LogP contribution >= 0.6 is 11.6 Å². The fourth-order valence-electron chi connectivity index (χ4n) is 4.80. The molecule has 0 aliphatic carbocycles. The zero-order valence-corrected chi connectivity index (χ0v) is 18.7. The molecule has 32 heavy (non-hydrogen) atoms. The molecule has 0 amide bonds. The van der Waals surface area contributed by atoms with Crippen LogP contribution in [0.3, 0.4) is 0 Å². The summed E-state index contributed by atoms with van der Waals surface area (Å²) in [4.78, 5) is 30.6. The zero-order chi connectivity index (χ0) is 22.6. The molecule has 1 N–H and O–H groups in total. The Morgan fingerprint density at radius 3 is 2.81 bits per heavy atom. The van der Waals surface area contributed by atoms with Crippen LogP contribution in [0.4, 0.5) is 0 Å². The molecule has 1 atom stereocenters. The van der Waals surface area contributed by atoms with Crippen molar-refractivity contribution in [3.63, 3.8) is 0 Å². The van der Waals surface area contributed by atoms with Gasteiger partial charge in [0.25, 0.3) is 5.56 Å². The van der Waals surface area contributed by atoms with E-state index in [1.54, 1.807) is 24.7 Å². The second-order valence-electron chi connectivity index (χ2n) is 8.20. The van der Waals surface area contributed by atoms with Gasteiger partial charge in [0.1, 0.15) is 12.4 Å². The quantitative estimate of drug-likeness (QED) is 0.367. The van der Waals surface area contributed by atoms with Crippen molar-refractivity contribution in [2.75, 3.05) is 13.0 Å². The molecule has 5 rings (SSSR count). The summed E-state index contributed by atoms with van der Waals surface area (Å²) in [5.74, 6) is 0.491. The van der Waals surface area contributed by atoms with Gasteiger partial charge in [0.15, 0.2) is 5.60 Å². The highest BCUT2D eigenvalue weighted by atomic mass is 35.5. The molecule has 2 aromatic heterocycles. The number of methoxy groups -OCH3 is 1. The SMILES string of the molecule is CC[C@@]1(O)C(=O)OCc2c1cc1n(c2=O)Cc2c-1nc1cc(OC)ccc1c2CCCCl. The lowest BCUT2D eigenvalue weighted by Crippen LogP contribution is -2.44. The number of alkyl halides is 1. The number of ether oxygens (including phenoxy) is 2. The van der Waals surface area contributed by atoms with E-state index in [0.717, 1.165) is 34.9 Å². The minimum absolute atomic E-state index is 0.109. The number of aromatic nitrogens is 2. The number of carbonyl (C=O) groups is 1. The van der Waals surface area contributed by atoms with E-state index in [4.69, 9.17) is 26.1 Å². The summed E-state index contributed by atoms with van der Waals surface area (Å²) in [5, 5.41) is 12.0. The number of aliphatic hydroxyl groups is 1. The van der Waals surface area contributed by atoms with Crippen LogP contribution in [0.2, 0.25) is 0 Å². The van der Waals surface area contributed by atoms with Gasteiger partial charge in [-0.3, -0.25) is 4.79 Å². The summed E-state index contributed by atoms with van der Waals surface area (Å²) in [7, 11) is 1.61. The van der Waals surface area contributed by atoms with Gasteiger partial charge >= 0.3 is 5.97 Å². The number of aryl methyl sites for hydroxylation is 1. The summed E-state index contributed by atoms with van der Waals surface area (Å²) in [5.41, 5.74) is 2.65. The molecule has 0 unspecified atom stereocenters. The number of esters is 1. The third-order valence-electron chi connectivity index (χ3n) is 6.57. The summed E-state index contributed by atoms with van der Waals surface area (Å²) in [6, 6.07) is 7.50. The number of nitrogens with zero attached hydrogens (tertiary/aromatic N) is 2. The van der Waals surface area contributed by atoms with Crippen LogP contribution in [-0.4, -0.2) is 33.6 Å². The second kappa shape index (κ2) is 7.60. The Bertz CT molecular complexity index is 1330. The van der Waals surface area contributed by atoms with E-state index in [1.807, 2.05) is 18.2 Å². The molecule has 3 aromatic rings. The van der Waals surface area contributed by atoms with Gasteiger partial charge in [-0.2, -0.15) is 0 Å². The number of cyclic esters (lactones) is 1. The van der Waals surface area contributed by atoms with Crippen LogP contribution in [0.15, 0.2) is 29.1 Å². The molecule has 0 saturated carbocycles. The molecule has 0 radical (unpaired) electrons. The predicted molar refractivity (Wildman–Crippen MR) is 120 cm³/mol. The monoisotopic (exact) mass is 454 g/mol. The van der Waals surface area contributed by atoms with Crippen molar-refractivity contribution in [2.24, 2.45) is 0 Å². The highest BCUT2D eigenvalue weighted by Gasteiger charge is 2.45. The van der Waals surface area contributed by atoms with Gasteiger partial charge in [-0.25, -0.2) is 9.78 Å². The molecule has 0 bridgehead atoms. The maximum absolute atomic E-state index is 13.4. The number of rotatable bonds is 5. The Labute approximate surface area is 189 Å². The van der Waals surface area contributed by atoms with Crippen molar-refractivity contribution in [2.45, 2.75) is 44.9 Å². The number of halogens is 1. The van der Waals surface area contributed by atoms with E-state index >= 15 is 0 Å². The van der Waals surface area contributed by atoms with E-state index < -0.39 is 11.6 Å². The molecule has 7 nitrogen and oxygen atoms in total. The minimum Gasteiger partial charge on any atom is -0.497 e. The number of fused-ring (bicyclic) bond motifs is 5. The summed E-state index contributed by atoms with van der Waals surface area (Å²) in [6.45, 7) is 1.93. The molecule has 0 fully saturated rings. The average Bonchev–Trinajstić information content (AvgIpc) is 3.17. The number of hydrogen-bond acceptors (Lipinski definition) is 6. The molecule has 4 heterocycles. The molecular formula is C24H23ClN2O5. The Morgan fingerprint density at radius 1 is 1.28 bits per heavy atom. The molecular weight excluding hydrogens is 432 g/mol. The first kappa shape index (κ1) is 21.0. The van der Waals surface area contributed by atoms with Crippen LogP contribution in [-0.2, 0) is 34.7 Å². The standard InChI is InChI=1S/C24H23ClN2O5/c1-3-24(30)18-10-20-21-16(11-27(20)22(28)17(18)12-32-23(24)29)14(5-4-8-25)15-7-6-13(31-2)9-19(15)26-21/h6-7,9-10,30H,3-5,8,11-12H2,1-2H3/t24-/m0/s1. The number of pyridine rings is 2. The van der Waals surface area contributed by atoms with Crippen LogP contribution in [0.1, 0.15) is 42.0 Å². The molecule has 0 spiro atoms. The van der Waals surface area contributed by atoms with Gasteiger partial charge in [-0.05, 0) is 43.0 Å².